The van der Waals surface area contributed by atoms with Gasteiger partial charge in [0.05, 0.1) is 12.7 Å². The first kappa shape index (κ1) is 30.9. The standard InChI is InChI=1S/C28H54O4/c1-5-6-7-8-9-10-11-12-13-14-15-16-17-20-23-31-27(29)21-18-19-22-28(30)32-26(4)24-25(2)3/h25-26H,5-24H2,1-4H3. The van der Waals surface area contributed by atoms with E-state index in [1.165, 1.54) is 77.0 Å². The molecule has 0 aromatic heterocycles. The minimum atomic E-state index is -0.158. The van der Waals surface area contributed by atoms with Gasteiger partial charge < -0.3 is 9.47 Å². The largest absolute Gasteiger partial charge is 0.466 e. The van der Waals surface area contributed by atoms with Crippen LogP contribution in [-0.2, 0) is 19.1 Å². The fourth-order valence-electron chi connectivity index (χ4n) is 4.09. The number of ether oxygens (including phenoxy) is 2. The highest BCUT2D eigenvalue weighted by Gasteiger charge is 2.11. The molecule has 190 valence electrons. The van der Waals surface area contributed by atoms with Crippen molar-refractivity contribution >= 4 is 11.9 Å². The van der Waals surface area contributed by atoms with Crippen molar-refractivity contribution in [1.82, 2.24) is 0 Å². The molecule has 0 aliphatic carbocycles. The lowest BCUT2D eigenvalue weighted by Crippen LogP contribution is -2.16. The summed E-state index contributed by atoms with van der Waals surface area (Å²) in [6, 6.07) is 0. The van der Waals surface area contributed by atoms with Gasteiger partial charge in [-0.1, -0.05) is 104 Å². The minimum absolute atomic E-state index is 0.0300. The molecule has 0 amide bonds. The third kappa shape index (κ3) is 23.6. The van der Waals surface area contributed by atoms with Crippen LogP contribution in [0.5, 0.6) is 0 Å². The summed E-state index contributed by atoms with van der Waals surface area (Å²) >= 11 is 0. The quantitative estimate of drug-likeness (QED) is 0.115. The Hall–Kier alpha value is -1.06. The van der Waals surface area contributed by atoms with Gasteiger partial charge in [0.25, 0.3) is 0 Å². The summed E-state index contributed by atoms with van der Waals surface area (Å²) in [5, 5.41) is 0. The van der Waals surface area contributed by atoms with Crippen LogP contribution in [0.2, 0.25) is 0 Å². The minimum Gasteiger partial charge on any atom is -0.466 e. The van der Waals surface area contributed by atoms with Crippen molar-refractivity contribution in [2.45, 2.75) is 156 Å². The summed E-state index contributed by atoms with van der Waals surface area (Å²) in [5.41, 5.74) is 0. The monoisotopic (exact) mass is 454 g/mol. The second-order valence-corrected chi connectivity index (χ2v) is 9.95. The van der Waals surface area contributed by atoms with E-state index < -0.39 is 0 Å². The van der Waals surface area contributed by atoms with Crippen molar-refractivity contribution in [3.8, 4) is 0 Å². The molecule has 1 unspecified atom stereocenters. The maximum atomic E-state index is 11.8. The van der Waals surface area contributed by atoms with Crippen LogP contribution in [0, 0.1) is 5.92 Å². The first-order valence-electron chi connectivity index (χ1n) is 13.8. The highest BCUT2D eigenvalue weighted by molar-refractivity contribution is 5.70. The molecule has 0 aromatic rings. The Balaban J connectivity index is 3.32. The molecule has 0 spiro atoms. The van der Waals surface area contributed by atoms with Crippen molar-refractivity contribution in [2.75, 3.05) is 6.61 Å². The predicted molar refractivity (Wildman–Crippen MR) is 135 cm³/mol. The van der Waals surface area contributed by atoms with E-state index in [0.29, 0.717) is 38.2 Å². The molecule has 0 heterocycles. The molecular formula is C28H54O4. The molecule has 0 saturated carbocycles. The lowest BCUT2D eigenvalue weighted by molar-refractivity contribution is -0.149. The van der Waals surface area contributed by atoms with Crippen LogP contribution in [0.25, 0.3) is 0 Å². The summed E-state index contributed by atoms with van der Waals surface area (Å²) in [6.45, 7) is 8.98. The fraction of sp³-hybridized carbons (Fsp3) is 0.929. The van der Waals surface area contributed by atoms with Gasteiger partial charge in [0.15, 0.2) is 0 Å². The van der Waals surface area contributed by atoms with E-state index in [9.17, 15) is 9.59 Å². The van der Waals surface area contributed by atoms with Gasteiger partial charge in [-0.15, -0.1) is 0 Å². The smallest absolute Gasteiger partial charge is 0.306 e. The maximum Gasteiger partial charge on any atom is 0.306 e. The van der Waals surface area contributed by atoms with Gasteiger partial charge in [0.2, 0.25) is 0 Å². The summed E-state index contributed by atoms with van der Waals surface area (Å²) < 4.78 is 10.7. The van der Waals surface area contributed by atoms with Gasteiger partial charge in [-0.2, -0.15) is 0 Å². The molecule has 0 radical (unpaired) electrons. The number of unbranched alkanes of at least 4 members (excludes halogenated alkanes) is 14. The lowest BCUT2D eigenvalue weighted by atomic mass is 10.0. The van der Waals surface area contributed by atoms with Gasteiger partial charge in [-0.3, -0.25) is 9.59 Å². The van der Waals surface area contributed by atoms with Crippen LogP contribution < -0.4 is 0 Å². The topological polar surface area (TPSA) is 52.6 Å². The molecule has 0 rings (SSSR count). The first-order chi connectivity index (χ1) is 15.5. The molecule has 4 nitrogen and oxygen atoms in total. The third-order valence-electron chi connectivity index (χ3n) is 5.91. The van der Waals surface area contributed by atoms with Crippen molar-refractivity contribution in [2.24, 2.45) is 5.92 Å². The van der Waals surface area contributed by atoms with Crippen molar-refractivity contribution in [3.05, 3.63) is 0 Å². The van der Waals surface area contributed by atoms with Crippen molar-refractivity contribution < 1.29 is 19.1 Å². The average Bonchev–Trinajstić information content (AvgIpc) is 2.73. The number of hydrogen-bond donors (Lipinski definition) is 0. The van der Waals surface area contributed by atoms with Gasteiger partial charge in [-0.25, -0.2) is 0 Å². The first-order valence-corrected chi connectivity index (χ1v) is 13.8. The molecule has 0 saturated heterocycles. The number of esters is 2. The van der Waals surface area contributed by atoms with Gasteiger partial charge in [-0.05, 0) is 38.5 Å². The average molecular weight is 455 g/mol. The van der Waals surface area contributed by atoms with E-state index in [2.05, 4.69) is 20.8 Å². The highest BCUT2D eigenvalue weighted by atomic mass is 16.5. The molecule has 4 heteroatoms. The van der Waals surface area contributed by atoms with Crippen LogP contribution in [0.3, 0.4) is 0 Å². The second-order valence-electron chi connectivity index (χ2n) is 9.95. The van der Waals surface area contributed by atoms with Crippen LogP contribution >= 0.6 is 0 Å². The normalized spacial score (nSPS) is 12.2. The van der Waals surface area contributed by atoms with E-state index >= 15 is 0 Å². The summed E-state index contributed by atoms with van der Waals surface area (Å²) in [5.74, 6) is 0.224. The number of carbonyl (C=O) groups is 2. The van der Waals surface area contributed by atoms with Crippen LogP contribution in [-0.4, -0.2) is 24.6 Å². The molecule has 32 heavy (non-hydrogen) atoms. The molecule has 0 aliphatic rings. The van der Waals surface area contributed by atoms with E-state index in [1.54, 1.807) is 0 Å². The van der Waals surface area contributed by atoms with E-state index in [-0.39, 0.29) is 18.0 Å². The second kappa shape index (κ2) is 23.1. The van der Waals surface area contributed by atoms with Crippen LogP contribution in [0.1, 0.15) is 150 Å². The van der Waals surface area contributed by atoms with Crippen molar-refractivity contribution in [1.29, 1.82) is 0 Å². The Kier molecular flexibility index (Phi) is 22.3. The summed E-state index contributed by atoms with van der Waals surface area (Å²) in [4.78, 5) is 23.6. The Labute approximate surface area is 199 Å². The lowest BCUT2D eigenvalue weighted by Gasteiger charge is -2.15. The van der Waals surface area contributed by atoms with Gasteiger partial charge >= 0.3 is 11.9 Å². The molecule has 1 atom stereocenters. The number of carbonyl (C=O) groups excluding carboxylic acids is 2. The van der Waals surface area contributed by atoms with Crippen LogP contribution in [0.4, 0.5) is 0 Å². The SMILES string of the molecule is CCCCCCCCCCCCCCCCOC(=O)CCCCC(=O)OC(C)CC(C)C. The molecule has 0 aromatic carbocycles. The summed E-state index contributed by atoms with van der Waals surface area (Å²) in [7, 11) is 0. The Morgan fingerprint density at radius 2 is 1.03 bits per heavy atom. The molecule has 0 fully saturated rings. The van der Waals surface area contributed by atoms with Crippen molar-refractivity contribution in [3.63, 3.8) is 0 Å². The number of hydrogen-bond acceptors (Lipinski definition) is 4. The Morgan fingerprint density at radius 3 is 1.50 bits per heavy atom. The van der Waals surface area contributed by atoms with E-state index in [4.69, 9.17) is 9.47 Å². The zero-order valence-electron chi connectivity index (χ0n) is 21.9. The zero-order chi connectivity index (χ0) is 23.9. The predicted octanol–water partition coefficient (Wildman–Crippen LogP) is 8.55. The third-order valence-corrected chi connectivity index (χ3v) is 5.91. The fourth-order valence-corrected chi connectivity index (χ4v) is 4.09. The molecular weight excluding hydrogens is 400 g/mol. The van der Waals surface area contributed by atoms with Gasteiger partial charge in [0, 0.05) is 12.8 Å². The van der Waals surface area contributed by atoms with E-state index in [0.717, 1.165) is 19.3 Å². The molecule has 0 N–H and O–H groups in total. The molecule has 0 aliphatic heterocycles. The summed E-state index contributed by atoms with van der Waals surface area (Å²) in [6.07, 6.45) is 21.6. The van der Waals surface area contributed by atoms with Gasteiger partial charge in [0.1, 0.15) is 0 Å². The highest BCUT2D eigenvalue weighted by Crippen LogP contribution is 2.13. The molecule has 0 bridgehead atoms. The maximum absolute atomic E-state index is 11.8. The Morgan fingerprint density at radius 1 is 0.594 bits per heavy atom. The zero-order valence-corrected chi connectivity index (χ0v) is 21.9. The Bertz CT molecular complexity index is 433. The van der Waals surface area contributed by atoms with Crippen LogP contribution in [0.15, 0.2) is 0 Å². The number of rotatable bonds is 23. The van der Waals surface area contributed by atoms with E-state index in [1.807, 2.05) is 6.92 Å².